The number of phenolic OH excluding ortho intramolecular Hbond substituents is 1. The fourth-order valence-corrected chi connectivity index (χ4v) is 3.82. The van der Waals surface area contributed by atoms with E-state index >= 15 is 0 Å². The summed E-state index contributed by atoms with van der Waals surface area (Å²) < 4.78 is 13.3. The molecule has 0 aliphatic rings. The van der Waals surface area contributed by atoms with Gasteiger partial charge in [-0.15, -0.1) is 0 Å². The molecule has 0 radical (unpaired) electrons. The first-order valence-corrected chi connectivity index (χ1v) is 8.79. The molecule has 0 saturated carbocycles. The first-order valence-electron chi connectivity index (χ1n) is 8.79. The predicted molar refractivity (Wildman–Crippen MR) is 108 cm³/mol. The summed E-state index contributed by atoms with van der Waals surface area (Å²) in [7, 11) is 3.41. The van der Waals surface area contributed by atoms with Crippen molar-refractivity contribution in [1.29, 1.82) is 0 Å². The zero-order chi connectivity index (χ0) is 19.3. The number of hydrogen-bond donors (Lipinski definition) is 1. The van der Waals surface area contributed by atoms with Gasteiger partial charge < -0.3 is 18.8 Å². The molecule has 2 aromatic carbocycles. The van der Waals surface area contributed by atoms with Gasteiger partial charge in [-0.1, -0.05) is 17.7 Å². The fourth-order valence-electron chi connectivity index (χ4n) is 3.82. The molecule has 4 aromatic rings. The van der Waals surface area contributed by atoms with Gasteiger partial charge in [0.1, 0.15) is 17.1 Å². The van der Waals surface area contributed by atoms with Crippen molar-refractivity contribution >= 4 is 32.8 Å². The van der Waals surface area contributed by atoms with Crippen molar-refractivity contribution in [2.45, 2.75) is 20.3 Å². The summed E-state index contributed by atoms with van der Waals surface area (Å²) in [5.41, 5.74) is 3.82. The summed E-state index contributed by atoms with van der Waals surface area (Å²) in [5, 5.41) is 12.2. The average molecular weight is 363 g/mol. The molecule has 0 fully saturated rings. The van der Waals surface area contributed by atoms with Crippen molar-refractivity contribution < 1.29 is 14.3 Å². The molecule has 0 aliphatic carbocycles. The van der Waals surface area contributed by atoms with Crippen LogP contribution in [0.25, 0.3) is 32.8 Å². The van der Waals surface area contributed by atoms with E-state index in [0.717, 1.165) is 10.9 Å². The SMILES string of the molecule is COc1c2ccoc2c(CC=C(C)C)c2c1c(=O)c1cccc(O)c1n2C. The van der Waals surface area contributed by atoms with Crippen LogP contribution in [0, 0.1) is 0 Å². The summed E-state index contributed by atoms with van der Waals surface area (Å²) in [6.07, 6.45) is 4.32. The topological polar surface area (TPSA) is 64.6 Å². The van der Waals surface area contributed by atoms with E-state index in [2.05, 4.69) is 6.08 Å². The van der Waals surface area contributed by atoms with Gasteiger partial charge in [0.25, 0.3) is 0 Å². The van der Waals surface area contributed by atoms with Crippen molar-refractivity contribution in [1.82, 2.24) is 4.57 Å². The third-order valence-corrected chi connectivity index (χ3v) is 5.01. The molecule has 0 amide bonds. The maximum absolute atomic E-state index is 13.4. The number of rotatable bonds is 3. The van der Waals surface area contributed by atoms with E-state index in [9.17, 15) is 9.90 Å². The minimum absolute atomic E-state index is 0.0701. The number of methoxy groups -OCH3 is 1. The van der Waals surface area contributed by atoms with Gasteiger partial charge in [0.05, 0.1) is 40.6 Å². The first-order chi connectivity index (χ1) is 13.0. The second kappa shape index (κ2) is 6.20. The molecule has 2 aromatic heterocycles. The van der Waals surface area contributed by atoms with E-state index in [4.69, 9.17) is 9.15 Å². The maximum Gasteiger partial charge on any atom is 0.201 e. The van der Waals surface area contributed by atoms with Crippen LogP contribution in [0.1, 0.15) is 19.4 Å². The Hall–Kier alpha value is -3.21. The summed E-state index contributed by atoms with van der Waals surface area (Å²) in [6, 6.07) is 6.82. The summed E-state index contributed by atoms with van der Waals surface area (Å²) in [4.78, 5) is 13.4. The molecular formula is C22H21NO4. The lowest BCUT2D eigenvalue weighted by atomic mass is 9.98. The largest absolute Gasteiger partial charge is 0.506 e. The van der Waals surface area contributed by atoms with Crippen LogP contribution in [-0.2, 0) is 13.5 Å². The number of fused-ring (bicyclic) bond motifs is 3. The van der Waals surface area contributed by atoms with Gasteiger partial charge in [0.2, 0.25) is 5.43 Å². The molecule has 0 saturated heterocycles. The zero-order valence-corrected chi connectivity index (χ0v) is 15.8. The van der Waals surface area contributed by atoms with Crippen LogP contribution in [0.15, 0.2) is 51.4 Å². The Kier molecular flexibility index (Phi) is 3.95. The van der Waals surface area contributed by atoms with E-state index in [1.54, 1.807) is 31.6 Å². The van der Waals surface area contributed by atoms with Crippen molar-refractivity contribution in [3.05, 3.63) is 58.0 Å². The smallest absolute Gasteiger partial charge is 0.201 e. The molecule has 2 heterocycles. The molecule has 5 heteroatoms. The van der Waals surface area contributed by atoms with Crippen molar-refractivity contribution in [2.24, 2.45) is 7.05 Å². The number of aryl methyl sites for hydroxylation is 1. The van der Waals surface area contributed by atoms with E-state index < -0.39 is 0 Å². The highest BCUT2D eigenvalue weighted by Gasteiger charge is 2.23. The second-order valence-corrected chi connectivity index (χ2v) is 6.95. The average Bonchev–Trinajstić information content (AvgIpc) is 3.12. The van der Waals surface area contributed by atoms with Crippen molar-refractivity contribution in [3.8, 4) is 11.5 Å². The highest BCUT2D eigenvalue weighted by atomic mass is 16.5. The van der Waals surface area contributed by atoms with E-state index in [-0.39, 0.29) is 11.2 Å². The fraction of sp³-hybridized carbons (Fsp3) is 0.227. The number of ether oxygens (including phenoxy) is 1. The Labute approximate surface area is 156 Å². The Morgan fingerprint density at radius 1 is 1.22 bits per heavy atom. The third kappa shape index (κ3) is 2.42. The monoisotopic (exact) mass is 363 g/mol. The van der Waals surface area contributed by atoms with Gasteiger partial charge in [0, 0.05) is 12.6 Å². The van der Waals surface area contributed by atoms with Gasteiger partial charge in [-0.2, -0.15) is 0 Å². The van der Waals surface area contributed by atoms with Gasteiger partial charge in [-0.3, -0.25) is 4.79 Å². The van der Waals surface area contributed by atoms with Crippen molar-refractivity contribution in [3.63, 3.8) is 0 Å². The highest BCUT2D eigenvalue weighted by molar-refractivity contribution is 6.09. The van der Waals surface area contributed by atoms with E-state index in [1.165, 1.54) is 5.57 Å². The van der Waals surface area contributed by atoms with Gasteiger partial charge in [-0.25, -0.2) is 0 Å². The molecular weight excluding hydrogens is 342 g/mol. The number of benzene rings is 2. The summed E-state index contributed by atoms with van der Waals surface area (Å²) in [5.74, 6) is 0.571. The van der Waals surface area contributed by atoms with E-state index in [1.807, 2.05) is 31.5 Å². The number of nitrogens with zero attached hydrogens (tertiary/aromatic N) is 1. The standard InChI is InChI=1S/C22H21NO4/c1-12(2)8-9-14-19-17(22(26-4)15-10-11-27-21(14)15)20(25)13-6-5-7-16(24)18(13)23(19)3/h5-8,10-11,24H,9H2,1-4H3. The number of aromatic nitrogens is 1. The number of para-hydroxylation sites is 1. The Bertz CT molecular complexity index is 1290. The lowest BCUT2D eigenvalue weighted by Crippen LogP contribution is -2.12. The number of aromatic hydroxyl groups is 1. The Morgan fingerprint density at radius 2 is 2.00 bits per heavy atom. The number of hydrogen-bond acceptors (Lipinski definition) is 4. The number of phenols is 1. The maximum atomic E-state index is 13.4. The van der Waals surface area contributed by atoms with Crippen LogP contribution < -0.4 is 10.2 Å². The number of pyridine rings is 1. The molecule has 0 unspecified atom stereocenters. The quantitative estimate of drug-likeness (QED) is 0.425. The van der Waals surface area contributed by atoms with Crippen LogP contribution in [-0.4, -0.2) is 16.8 Å². The lowest BCUT2D eigenvalue weighted by molar-refractivity contribution is 0.424. The number of furan rings is 1. The van der Waals surface area contributed by atoms with Crippen LogP contribution in [0.2, 0.25) is 0 Å². The molecule has 0 spiro atoms. The Morgan fingerprint density at radius 3 is 2.70 bits per heavy atom. The highest BCUT2D eigenvalue weighted by Crippen LogP contribution is 2.39. The van der Waals surface area contributed by atoms with Crippen LogP contribution in [0.5, 0.6) is 11.5 Å². The van der Waals surface area contributed by atoms with Gasteiger partial charge in [0.15, 0.2) is 0 Å². The van der Waals surface area contributed by atoms with Crippen LogP contribution in [0.3, 0.4) is 0 Å². The van der Waals surface area contributed by atoms with Gasteiger partial charge >= 0.3 is 0 Å². The predicted octanol–water partition coefficient (Wildman–Crippen LogP) is 4.66. The molecule has 0 atom stereocenters. The molecule has 1 N–H and O–H groups in total. The van der Waals surface area contributed by atoms with Crippen molar-refractivity contribution in [2.75, 3.05) is 7.11 Å². The van der Waals surface area contributed by atoms with Crippen LogP contribution >= 0.6 is 0 Å². The second-order valence-electron chi connectivity index (χ2n) is 6.95. The molecule has 5 nitrogen and oxygen atoms in total. The lowest BCUT2D eigenvalue weighted by Gasteiger charge is -2.17. The normalized spacial score (nSPS) is 11.4. The zero-order valence-electron chi connectivity index (χ0n) is 15.8. The minimum Gasteiger partial charge on any atom is -0.506 e. The molecule has 4 rings (SSSR count). The molecule has 0 bridgehead atoms. The molecule has 27 heavy (non-hydrogen) atoms. The Balaban J connectivity index is 2.35. The minimum atomic E-state index is -0.160. The van der Waals surface area contributed by atoms with Gasteiger partial charge in [-0.05, 0) is 38.5 Å². The van der Waals surface area contributed by atoms with E-state index in [0.29, 0.717) is 39.6 Å². The molecule has 0 aliphatic heterocycles. The number of allylic oxidation sites excluding steroid dienone is 2. The first kappa shape index (κ1) is 17.2. The van der Waals surface area contributed by atoms with Crippen LogP contribution in [0.4, 0.5) is 0 Å². The summed E-state index contributed by atoms with van der Waals surface area (Å²) >= 11 is 0. The molecule has 138 valence electrons. The summed E-state index contributed by atoms with van der Waals surface area (Å²) in [6.45, 7) is 4.07. The third-order valence-electron chi connectivity index (χ3n) is 5.01.